The van der Waals surface area contributed by atoms with Gasteiger partial charge in [0.2, 0.25) is 0 Å². The number of pyridine rings is 1. The number of hydrogen-bond acceptors (Lipinski definition) is 2. The molecule has 19 heavy (non-hydrogen) atoms. The second-order valence-corrected chi connectivity index (χ2v) is 5.54. The fourth-order valence-electron chi connectivity index (χ4n) is 1.95. The smallest absolute Gasteiger partial charge is 0.270 e. The minimum atomic E-state index is -0.391. The maximum Gasteiger partial charge on any atom is 0.270 e. The van der Waals surface area contributed by atoms with E-state index < -0.39 is 5.82 Å². The third-order valence-corrected chi connectivity index (χ3v) is 2.69. The van der Waals surface area contributed by atoms with Gasteiger partial charge in [0.25, 0.3) is 5.91 Å². The van der Waals surface area contributed by atoms with E-state index in [-0.39, 0.29) is 11.4 Å². The van der Waals surface area contributed by atoms with Crippen LogP contribution < -0.4 is 5.32 Å². The highest BCUT2D eigenvalue weighted by atomic mass is 19.1. The molecule has 0 aliphatic carbocycles. The lowest BCUT2D eigenvalue weighted by Crippen LogP contribution is -2.41. The maximum absolute atomic E-state index is 13.4. The van der Waals surface area contributed by atoms with E-state index in [2.05, 4.69) is 10.3 Å². The summed E-state index contributed by atoms with van der Waals surface area (Å²) in [5.41, 5.74) is 1.32. The molecule has 102 valence electrons. The predicted octanol–water partition coefficient (Wildman–Crippen LogP) is 2.56. The number of carbonyl (C=O) groups is 1. The topological polar surface area (TPSA) is 46.4 Å². The Balaban J connectivity index is 2.56. The molecule has 0 bridgehead atoms. The van der Waals surface area contributed by atoms with Gasteiger partial charge in [-0.1, -0.05) is 6.92 Å². The summed E-state index contributed by atoms with van der Waals surface area (Å²) in [5.74, 6) is -0.625. The zero-order chi connectivity index (χ0) is 14.2. The van der Waals surface area contributed by atoms with Gasteiger partial charge < -0.3 is 5.32 Å². The Hall–Kier alpha value is -1.91. The second-order valence-electron chi connectivity index (χ2n) is 5.54. The van der Waals surface area contributed by atoms with Crippen LogP contribution in [-0.4, -0.2) is 20.8 Å². The van der Waals surface area contributed by atoms with Gasteiger partial charge in [-0.05, 0) is 39.3 Å². The molecule has 2 aromatic rings. The highest BCUT2D eigenvalue weighted by Gasteiger charge is 2.22. The van der Waals surface area contributed by atoms with E-state index in [4.69, 9.17) is 0 Å². The van der Waals surface area contributed by atoms with Crippen molar-refractivity contribution in [2.75, 3.05) is 0 Å². The predicted molar refractivity (Wildman–Crippen MR) is 71.7 cm³/mol. The lowest BCUT2D eigenvalue weighted by Gasteiger charge is -2.20. The van der Waals surface area contributed by atoms with Crippen LogP contribution in [0.3, 0.4) is 0 Å². The summed E-state index contributed by atoms with van der Waals surface area (Å²) >= 11 is 0. The van der Waals surface area contributed by atoms with Gasteiger partial charge in [0.05, 0.1) is 5.69 Å². The highest BCUT2D eigenvalue weighted by molar-refractivity contribution is 5.95. The Morgan fingerprint density at radius 3 is 2.68 bits per heavy atom. The number of hydrogen-bond donors (Lipinski definition) is 1. The molecule has 0 spiro atoms. The monoisotopic (exact) mass is 263 g/mol. The van der Waals surface area contributed by atoms with Crippen molar-refractivity contribution in [3.05, 3.63) is 35.5 Å². The van der Waals surface area contributed by atoms with Gasteiger partial charge >= 0.3 is 0 Å². The molecule has 5 heteroatoms. The van der Waals surface area contributed by atoms with E-state index in [0.29, 0.717) is 23.5 Å². The molecule has 0 unspecified atom stereocenters. The van der Waals surface area contributed by atoms with Crippen LogP contribution in [-0.2, 0) is 6.42 Å². The zero-order valence-electron chi connectivity index (χ0n) is 11.6. The third-order valence-electron chi connectivity index (χ3n) is 2.69. The van der Waals surface area contributed by atoms with Crippen LogP contribution in [0.4, 0.5) is 4.39 Å². The molecule has 0 aliphatic heterocycles. The Labute approximate surface area is 111 Å². The molecule has 1 N–H and O–H groups in total. The van der Waals surface area contributed by atoms with E-state index >= 15 is 0 Å². The highest BCUT2D eigenvalue weighted by Crippen LogP contribution is 2.15. The van der Waals surface area contributed by atoms with Gasteiger partial charge in [0.15, 0.2) is 0 Å². The van der Waals surface area contributed by atoms with E-state index in [1.165, 1.54) is 16.7 Å². The van der Waals surface area contributed by atoms with Crippen molar-refractivity contribution in [2.45, 2.75) is 39.7 Å². The third kappa shape index (κ3) is 2.75. The molecule has 0 radical (unpaired) electrons. The minimum absolute atomic E-state index is 0.234. The van der Waals surface area contributed by atoms with Crippen LogP contribution >= 0.6 is 0 Å². The average Bonchev–Trinajstić information content (AvgIpc) is 2.64. The molecule has 0 saturated heterocycles. The molecule has 0 fully saturated rings. The molecular formula is C14H18FN3O. The Morgan fingerprint density at radius 2 is 2.11 bits per heavy atom. The van der Waals surface area contributed by atoms with Gasteiger partial charge in [0, 0.05) is 11.7 Å². The summed E-state index contributed by atoms with van der Waals surface area (Å²) in [6.45, 7) is 7.63. The van der Waals surface area contributed by atoms with Gasteiger partial charge in [-0.25, -0.2) is 9.37 Å². The van der Waals surface area contributed by atoms with Gasteiger partial charge in [-0.15, -0.1) is 0 Å². The molecule has 0 saturated carbocycles. The van der Waals surface area contributed by atoms with Crippen LogP contribution in [0.25, 0.3) is 5.65 Å². The lowest BCUT2D eigenvalue weighted by molar-refractivity contribution is 0.0912. The SMILES string of the molecule is CCc1nc2ccc(F)cn2c1C(=O)NC(C)(C)C. The number of nitrogens with zero attached hydrogens (tertiary/aromatic N) is 2. The van der Waals surface area contributed by atoms with Crippen molar-refractivity contribution in [2.24, 2.45) is 0 Å². The van der Waals surface area contributed by atoms with Crippen molar-refractivity contribution in [1.29, 1.82) is 0 Å². The molecule has 0 aromatic carbocycles. The number of imidazole rings is 1. The number of aryl methyl sites for hydroxylation is 1. The minimum Gasteiger partial charge on any atom is -0.346 e. The van der Waals surface area contributed by atoms with E-state index in [1.54, 1.807) is 6.07 Å². The van der Waals surface area contributed by atoms with Gasteiger partial charge in [-0.2, -0.15) is 0 Å². The van der Waals surface area contributed by atoms with Gasteiger partial charge in [-0.3, -0.25) is 9.20 Å². The van der Waals surface area contributed by atoms with Crippen molar-refractivity contribution >= 4 is 11.6 Å². The summed E-state index contributed by atoms with van der Waals surface area (Å²) in [6.07, 6.45) is 1.91. The first-order valence-electron chi connectivity index (χ1n) is 6.31. The second kappa shape index (κ2) is 4.64. The summed E-state index contributed by atoms with van der Waals surface area (Å²) in [5, 5.41) is 2.89. The van der Waals surface area contributed by atoms with Crippen molar-refractivity contribution < 1.29 is 9.18 Å². The molecular weight excluding hydrogens is 245 g/mol. The van der Waals surface area contributed by atoms with E-state index in [0.717, 1.165) is 0 Å². The maximum atomic E-state index is 13.4. The van der Waals surface area contributed by atoms with Crippen LogP contribution in [0.5, 0.6) is 0 Å². The number of fused-ring (bicyclic) bond motifs is 1. The molecule has 2 heterocycles. The molecule has 2 aromatic heterocycles. The molecule has 2 rings (SSSR count). The first kappa shape index (κ1) is 13.5. The van der Waals surface area contributed by atoms with E-state index in [1.807, 2.05) is 27.7 Å². The van der Waals surface area contributed by atoms with Crippen LogP contribution in [0.1, 0.15) is 43.9 Å². The fourth-order valence-corrected chi connectivity index (χ4v) is 1.95. The van der Waals surface area contributed by atoms with Crippen LogP contribution in [0, 0.1) is 5.82 Å². The fraction of sp³-hybridized carbons (Fsp3) is 0.429. The Kier molecular flexibility index (Phi) is 3.30. The van der Waals surface area contributed by atoms with Crippen molar-refractivity contribution in [3.63, 3.8) is 0 Å². The van der Waals surface area contributed by atoms with Crippen LogP contribution in [0.15, 0.2) is 18.3 Å². The molecule has 4 nitrogen and oxygen atoms in total. The molecule has 0 aliphatic rings. The number of amides is 1. The summed E-state index contributed by atoms with van der Waals surface area (Å²) < 4.78 is 14.9. The number of carbonyl (C=O) groups excluding carboxylic acids is 1. The summed E-state index contributed by atoms with van der Waals surface area (Å²) in [4.78, 5) is 16.7. The van der Waals surface area contributed by atoms with Crippen LogP contribution in [0.2, 0.25) is 0 Å². The first-order chi connectivity index (χ1) is 8.81. The summed E-state index contributed by atoms with van der Waals surface area (Å²) in [6, 6.07) is 2.91. The average molecular weight is 263 g/mol. The quantitative estimate of drug-likeness (QED) is 0.905. The lowest BCUT2D eigenvalue weighted by atomic mass is 10.1. The number of halogens is 1. The zero-order valence-corrected chi connectivity index (χ0v) is 11.6. The van der Waals surface area contributed by atoms with Crippen molar-refractivity contribution in [1.82, 2.24) is 14.7 Å². The standard InChI is InChI=1S/C14H18FN3O/c1-5-10-12(13(19)17-14(2,3)4)18-8-9(15)6-7-11(18)16-10/h6-8H,5H2,1-4H3,(H,17,19). The number of nitrogens with one attached hydrogen (secondary N) is 1. The number of rotatable bonds is 2. The first-order valence-corrected chi connectivity index (χ1v) is 6.31. The molecule has 0 atom stereocenters. The number of aromatic nitrogens is 2. The largest absolute Gasteiger partial charge is 0.346 e. The van der Waals surface area contributed by atoms with Crippen molar-refractivity contribution in [3.8, 4) is 0 Å². The van der Waals surface area contributed by atoms with Gasteiger partial charge in [0.1, 0.15) is 17.2 Å². The Bertz CT molecular complexity index is 625. The van der Waals surface area contributed by atoms with E-state index in [9.17, 15) is 9.18 Å². The Morgan fingerprint density at radius 1 is 1.42 bits per heavy atom. The summed E-state index contributed by atoms with van der Waals surface area (Å²) in [7, 11) is 0. The molecule has 1 amide bonds. The normalized spacial score (nSPS) is 11.8.